The summed E-state index contributed by atoms with van der Waals surface area (Å²) in [5.41, 5.74) is 4.11. The van der Waals surface area contributed by atoms with Crippen molar-refractivity contribution in [2.75, 3.05) is 18.9 Å². The van der Waals surface area contributed by atoms with Gasteiger partial charge in [0, 0.05) is 12.3 Å². The maximum atomic E-state index is 11.7. The number of alkyl carbamates (subject to hydrolysis) is 1. The number of nitrogens with zero attached hydrogens (tertiary/aromatic N) is 1. The fourth-order valence-corrected chi connectivity index (χ4v) is 3.82. The minimum atomic E-state index is -2.36. The van der Waals surface area contributed by atoms with Crippen LogP contribution >= 0.6 is 46.6 Å². The van der Waals surface area contributed by atoms with E-state index >= 15 is 0 Å². The molecule has 2 aliphatic rings. The van der Waals surface area contributed by atoms with Crippen molar-refractivity contribution in [1.29, 1.82) is 0 Å². The molecule has 4 N–H and O–H groups in total. The standard InChI is InChI=1S/C11H12Cl3N3O6S/c12-11(13,14)7(19)16-9(22)23-2-10(8(20)21)1-17-5(18)4(15)6(17)24-3-10/h4,6H,1-3,15H2,(H,20,21)(H,16,19,22)/t4?,6-,10?/m1/s1. The fraction of sp³-hybridized carbons (Fsp3) is 0.636. The van der Waals surface area contributed by atoms with Crippen LogP contribution in [0.4, 0.5) is 4.79 Å². The molecule has 0 aliphatic carbocycles. The van der Waals surface area contributed by atoms with Gasteiger partial charge in [0.25, 0.3) is 9.70 Å². The summed E-state index contributed by atoms with van der Waals surface area (Å²) in [6, 6.07) is -0.659. The first-order chi connectivity index (χ1) is 11.0. The van der Waals surface area contributed by atoms with Crippen LogP contribution in [-0.2, 0) is 19.1 Å². The predicted molar refractivity (Wildman–Crippen MR) is 85.8 cm³/mol. The maximum Gasteiger partial charge on any atom is 0.413 e. The lowest BCUT2D eigenvalue weighted by Gasteiger charge is -2.52. The third kappa shape index (κ3) is 3.67. The van der Waals surface area contributed by atoms with Gasteiger partial charge in [0.2, 0.25) is 5.91 Å². The molecule has 0 aromatic rings. The Balaban J connectivity index is 1.98. The summed E-state index contributed by atoms with van der Waals surface area (Å²) in [7, 11) is 0. The van der Waals surface area contributed by atoms with Crippen molar-refractivity contribution >= 4 is 70.4 Å². The quantitative estimate of drug-likeness (QED) is 0.426. The van der Waals surface area contributed by atoms with Crippen LogP contribution in [0.1, 0.15) is 0 Å². The van der Waals surface area contributed by atoms with Gasteiger partial charge in [0.15, 0.2) is 0 Å². The highest BCUT2D eigenvalue weighted by molar-refractivity contribution is 8.00. The molecule has 0 spiro atoms. The van der Waals surface area contributed by atoms with Crippen molar-refractivity contribution in [3.8, 4) is 0 Å². The average Bonchev–Trinajstić information content (AvgIpc) is 2.50. The van der Waals surface area contributed by atoms with Crippen LogP contribution in [0.15, 0.2) is 0 Å². The van der Waals surface area contributed by atoms with Gasteiger partial charge in [-0.25, -0.2) is 4.79 Å². The Bertz CT molecular complexity index is 600. The Kier molecular flexibility index (Phi) is 5.46. The number of thioether (sulfide) groups is 1. The molecule has 3 atom stereocenters. The summed E-state index contributed by atoms with van der Waals surface area (Å²) < 4.78 is 2.41. The zero-order valence-electron chi connectivity index (χ0n) is 11.8. The van der Waals surface area contributed by atoms with Crippen LogP contribution in [0.25, 0.3) is 0 Å². The van der Waals surface area contributed by atoms with Gasteiger partial charge >= 0.3 is 12.1 Å². The molecule has 0 radical (unpaired) electrons. The second-order valence-corrected chi connectivity index (χ2v) is 8.69. The number of carboxylic acids is 1. The van der Waals surface area contributed by atoms with Gasteiger partial charge in [-0.2, -0.15) is 0 Å². The lowest BCUT2D eigenvalue weighted by Crippen LogP contribution is -2.72. The molecule has 2 heterocycles. The summed E-state index contributed by atoms with van der Waals surface area (Å²) in [5, 5.41) is 10.9. The van der Waals surface area contributed by atoms with E-state index in [2.05, 4.69) is 0 Å². The van der Waals surface area contributed by atoms with E-state index in [1.807, 2.05) is 0 Å². The second-order valence-electron chi connectivity index (χ2n) is 5.31. The molecule has 0 aromatic heterocycles. The van der Waals surface area contributed by atoms with Crippen LogP contribution < -0.4 is 11.1 Å². The summed E-state index contributed by atoms with van der Waals surface area (Å²) in [5.74, 6) is -2.77. The number of hydrogen-bond donors (Lipinski definition) is 3. The number of carboxylic acid groups (broad SMARTS) is 1. The number of imide groups is 1. The Morgan fingerprint density at radius 1 is 1.46 bits per heavy atom. The van der Waals surface area contributed by atoms with E-state index in [9.17, 15) is 24.3 Å². The van der Waals surface area contributed by atoms with E-state index in [-0.39, 0.29) is 23.6 Å². The van der Waals surface area contributed by atoms with Gasteiger partial charge in [-0.05, 0) is 0 Å². The number of alkyl halides is 3. The van der Waals surface area contributed by atoms with E-state index in [1.54, 1.807) is 5.32 Å². The number of nitrogens with two attached hydrogens (primary N) is 1. The molecule has 0 aromatic carbocycles. The molecule has 0 bridgehead atoms. The number of carbonyl (C=O) groups excluding carboxylic acids is 3. The number of halogens is 3. The summed E-state index contributed by atoms with van der Waals surface area (Å²) >= 11 is 17.0. The van der Waals surface area contributed by atoms with Crippen LogP contribution in [0.3, 0.4) is 0 Å². The molecule has 2 rings (SSSR count). The molecule has 9 nitrogen and oxygen atoms in total. The number of ether oxygens (including phenoxy) is 1. The molecule has 2 saturated heterocycles. The first-order valence-corrected chi connectivity index (χ1v) is 8.62. The van der Waals surface area contributed by atoms with E-state index in [1.165, 1.54) is 16.7 Å². The molecule has 0 saturated carbocycles. The van der Waals surface area contributed by atoms with Gasteiger partial charge in [0.05, 0.1) is 0 Å². The Morgan fingerprint density at radius 3 is 2.62 bits per heavy atom. The van der Waals surface area contributed by atoms with E-state index in [4.69, 9.17) is 45.3 Å². The predicted octanol–water partition coefficient (Wildman–Crippen LogP) is -0.0772. The monoisotopic (exact) mass is 419 g/mol. The summed E-state index contributed by atoms with van der Waals surface area (Å²) in [6.45, 7) is -0.724. The number of fused-ring (bicyclic) bond motifs is 1. The molecule has 24 heavy (non-hydrogen) atoms. The summed E-state index contributed by atoms with van der Waals surface area (Å²) in [6.07, 6.45) is -1.26. The molecular weight excluding hydrogens is 409 g/mol. The molecule has 134 valence electrons. The van der Waals surface area contributed by atoms with Crippen molar-refractivity contribution in [2.45, 2.75) is 15.2 Å². The highest BCUT2D eigenvalue weighted by Gasteiger charge is 2.56. The smallest absolute Gasteiger partial charge is 0.413 e. The highest BCUT2D eigenvalue weighted by atomic mass is 35.6. The number of carbonyl (C=O) groups is 4. The first kappa shape index (κ1) is 19.4. The van der Waals surface area contributed by atoms with Crippen LogP contribution in [0.5, 0.6) is 0 Å². The van der Waals surface area contributed by atoms with Crippen molar-refractivity contribution in [3.05, 3.63) is 0 Å². The fourth-order valence-electron chi connectivity index (χ4n) is 2.21. The van der Waals surface area contributed by atoms with Gasteiger partial charge in [-0.15, -0.1) is 11.8 Å². The zero-order valence-corrected chi connectivity index (χ0v) is 14.9. The number of aliphatic carboxylic acids is 1. The number of amides is 3. The molecule has 13 heteroatoms. The third-order valence-electron chi connectivity index (χ3n) is 3.59. The van der Waals surface area contributed by atoms with Crippen LogP contribution in [0, 0.1) is 5.41 Å². The first-order valence-electron chi connectivity index (χ1n) is 6.44. The van der Waals surface area contributed by atoms with Crippen molar-refractivity contribution in [2.24, 2.45) is 11.1 Å². The van der Waals surface area contributed by atoms with Crippen molar-refractivity contribution < 1.29 is 29.0 Å². The van der Waals surface area contributed by atoms with E-state index in [0.717, 1.165) is 0 Å². The average molecular weight is 421 g/mol. The molecule has 2 fully saturated rings. The highest BCUT2D eigenvalue weighted by Crippen LogP contribution is 2.41. The number of rotatable bonds is 3. The van der Waals surface area contributed by atoms with Crippen LogP contribution in [0.2, 0.25) is 0 Å². The normalized spacial score (nSPS) is 29.3. The number of nitrogens with one attached hydrogen (secondary N) is 1. The lowest BCUT2D eigenvalue weighted by atomic mass is 9.88. The zero-order chi connectivity index (χ0) is 18.3. The molecule has 2 aliphatic heterocycles. The number of hydrogen-bond acceptors (Lipinski definition) is 7. The Hall–Kier alpha value is -0.940. The van der Waals surface area contributed by atoms with E-state index < -0.39 is 39.8 Å². The molecule has 3 amide bonds. The van der Waals surface area contributed by atoms with Gasteiger partial charge in [-0.3, -0.25) is 19.7 Å². The summed E-state index contributed by atoms with van der Waals surface area (Å²) in [4.78, 5) is 47.5. The Morgan fingerprint density at radius 2 is 2.08 bits per heavy atom. The number of β-lactam (4-membered cyclic amide) rings is 1. The van der Waals surface area contributed by atoms with Gasteiger partial charge in [0.1, 0.15) is 23.4 Å². The second kappa shape index (κ2) is 6.75. The van der Waals surface area contributed by atoms with Gasteiger partial charge < -0.3 is 20.5 Å². The van der Waals surface area contributed by atoms with Gasteiger partial charge in [-0.1, -0.05) is 34.8 Å². The Labute approximate surface area is 155 Å². The largest absolute Gasteiger partial charge is 0.481 e. The lowest BCUT2D eigenvalue weighted by molar-refractivity contribution is -0.158. The maximum absolute atomic E-state index is 11.7. The van der Waals surface area contributed by atoms with E-state index in [0.29, 0.717) is 0 Å². The minimum Gasteiger partial charge on any atom is -0.481 e. The van der Waals surface area contributed by atoms with Crippen molar-refractivity contribution in [3.63, 3.8) is 0 Å². The topological polar surface area (TPSA) is 139 Å². The molecule has 2 unspecified atom stereocenters. The van der Waals surface area contributed by atoms with Crippen LogP contribution in [-0.4, -0.2) is 68.0 Å². The SMILES string of the molecule is NC1C(=O)N2CC(COC(=O)NC(=O)C(Cl)(Cl)Cl)(C(=O)O)CS[C@H]12. The molecular formula is C11H12Cl3N3O6S. The minimum absolute atomic E-state index is 0.0795. The van der Waals surface area contributed by atoms with Crippen molar-refractivity contribution in [1.82, 2.24) is 10.2 Å². The third-order valence-corrected chi connectivity index (χ3v) is 5.72.